The fourth-order valence-electron chi connectivity index (χ4n) is 2.45. The zero-order chi connectivity index (χ0) is 16.6. The van der Waals surface area contributed by atoms with Crippen LogP contribution in [0.25, 0.3) is 0 Å². The van der Waals surface area contributed by atoms with Crippen molar-refractivity contribution in [3.05, 3.63) is 52.8 Å². The van der Waals surface area contributed by atoms with E-state index in [1.54, 1.807) is 12.1 Å². The van der Waals surface area contributed by atoms with Crippen LogP contribution in [0.3, 0.4) is 0 Å². The largest absolute Gasteiger partial charge is 0.457 e. The topological polar surface area (TPSA) is 53.2 Å². The molecule has 1 aliphatic rings. The van der Waals surface area contributed by atoms with Crippen molar-refractivity contribution in [1.29, 1.82) is 5.26 Å². The van der Waals surface area contributed by atoms with Crippen molar-refractivity contribution in [2.45, 2.75) is 17.4 Å². The van der Waals surface area contributed by atoms with Crippen LogP contribution in [-0.2, 0) is 0 Å². The summed E-state index contributed by atoms with van der Waals surface area (Å²) in [4.78, 5) is 0.581. The second kappa shape index (κ2) is 6.14. The van der Waals surface area contributed by atoms with Crippen LogP contribution in [0.4, 0.5) is 13.2 Å². The number of hydrogen-bond donors (Lipinski definition) is 1. The number of aliphatic hydroxyl groups is 1. The first kappa shape index (κ1) is 15.7. The van der Waals surface area contributed by atoms with Crippen molar-refractivity contribution in [3.63, 3.8) is 0 Å². The summed E-state index contributed by atoms with van der Waals surface area (Å²) in [6, 6.07) is 8.00. The molecule has 1 heterocycles. The van der Waals surface area contributed by atoms with Gasteiger partial charge in [0.2, 0.25) is 0 Å². The normalized spacial score (nSPS) is 16.3. The van der Waals surface area contributed by atoms with Gasteiger partial charge in [-0.3, -0.25) is 0 Å². The summed E-state index contributed by atoms with van der Waals surface area (Å²) < 4.78 is 45.7. The molecule has 0 fully saturated rings. The van der Waals surface area contributed by atoms with Crippen molar-refractivity contribution >= 4 is 11.8 Å². The highest BCUT2D eigenvalue weighted by atomic mass is 32.2. The molecule has 0 aliphatic carbocycles. The molecule has 1 aliphatic heterocycles. The molecule has 1 N–H and O–H groups in total. The molecule has 23 heavy (non-hydrogen) atoms. The Morgan fingerprint density at radius 3 is 2.78 bits per heavy atom. The summed E-state index contributed by atoms with van der Waals surface area (Å²) in [6.07, 6.45) is -3.85. The number of aliphatic hydroxyl groups excluding tert-OH is 1. The van der Waals surface area contributed by atoms with E-state index in [2.05, 4.69) is 0 Å². The molecule has 3 rings (SSSR count). The Morgan fingerprint density at radius 1 is 1.30 bits per heavy atom. The molecule has 0 aromatic heterocycles. The van der Waals surface area contributed by atoms with Crippen LogP contribution >= 0.6 is 11.8 Å². The zero-order valence-corrected chi connectivity index (χ0v) is 12.4. The molecule has 1 unspecified atom stereocenters. The zero-order valence-electron chi connectivity index (χ0n) is 11.6. The van der Waals surface area contributed by atoms with Gasteiger partial charge in [0.25, 0.3) is 6.43 Å². The van der Waals surface area contributed by atoms with E-state index in [-0.39, 0.29) is 22.6 Å². The van der Waals surface area contributed by atoms with Crippen LogP contribution in [0.5, 0.6) is 11.5 Å². The highest BCUT2D eigenvalue weighted by Crippen LogP contribution is 2.47. The third kappa shape index (κ3) is 3.00. The number of ether oxygens (including phenoxy) is 1. The minimum atomic E-state index is -2.85. The Morgan fingerprint density at radius 2 is 2.09 bits per heavy atom. The van der Waals surface area contributed by atoms with Gasteiger partial charge in [-0.25, -0.2) is 13.2 Å². The van der Waals surface area contributed by atoms with E-state index in [9.17, 15) is 18.3 Å². The highest BCUT2D eigenvalue weighted by molar-refractivity contribution is 7.99. The molecule has 0 bridgehead atoms. The lowest BCUT2D eigenvalue weighted by atomic mass is 10.0. The van der Waals surface area contributed by atoms with Crippen molar-refractivity contribution in [2.24, 2.45) is 0 Å². The van der Waals surface area contributed by atoms with Crippen molar-refractivity contribution in [2.75, 3.05) is 5.75 Å². The summed E-state index contributed by atoms with van der Waals surface area (Å²) in [5.41, 5.74) is -0.225. The molecule has 0 spiro atoms. The molecule has 3 nitrogen and oxygen atoms in total. The molecule has 0 saturated heterocycles. The number of rotatable bonds is 3. The maximum absolute atomic E-state index is 13.5. The number of fused-ring (bicyclic) bond motifs is 1. The fraction of sp³-hybridized carbons (Fsp3) is 0.188. The van der Waals surface area contributed by atoms with Crippen LogP contribution in [0.2, 0.25) is 0 Å². The van der Waals surface area contributed by atoms with E-state index < -0.39 is 23.9 Å². The number of thioether (sulfide) groups is 1. The third-order valence-electron chi connectivity index (χ3n) is 3.38. The van der Waals surface area contributed by atoms with E-state index in [0.717, 1.165) is 12.1 Å². The first-order valence-electron chi connectivity index (χ1n) is 6.64. The monoisotopic (exact) mass is 337 g/mol. The maximum Gasteiger partial charge on any atom is 0.267 e. The molecule has 2 aromatic carbocycles. The molecule has 0 radical (unpaired) electrons. The van der Waals surface area contributed by atoms with Crippen molar-refractivity contribution in [1.82, 2.24) is 0 Å². The molecule has 7 heteroatoms. The Kier molecular flexibility index (Phi) is 4.20. The smallest absolute Gasteiger partial charge is 0.267 e. The second-order valence-corrected chi connectivity index (χ2v) is 5.97. The number of benzene rings is 2. The van der Waals surface area contributed by atoms with Crippen molar-refractivity contribution < 1.29 is 23.0 Å². The van der Waals surface area contributed by atoms with Crippen LogP contribution in [0.15, 0.2) is 35.2 Å². The predicted molar refractivity (Wildman–Crippen MR) is 78.3 cm³/mol. The average molecular weight is 337 g/mol. The number of alkyl halides is 2. The van der Waals surface area contributed by atoms with Gasteiger partial charge >= 0.3 is 0 Å². The molecule has 0 amide bonds. The summed E-state index contributed by atoms with van der Waals surface area (Å²) in [5, 5.41) is 18.7. The second-order valence-electron chi connectivity index (χ2n) is 4.91. The molecule has 0 saturated carbocycles. The maximum atomic E-state index is 13.5. The molecular formula is C16H10F3NO2S. The molecule has 118 valence electrons. The van der Waals surface area contributed by atoms with Gasteiger partial charge in [0.05, 0.1) is 23.3 Å². The van der Waals surface area contributed by atoms with Crippen molar-refractivity contribution in [3.8, 4) is 17.6 Å². The van der Waals surface area contributed by atoms with Gasteiger partial charge in [-0.1, -0.05) is 0 Å². The number of nitriles is 1. The first-order chi connectivity index (χ1) is 11.0. The van der Waals surface area contributed by atoms with E-state index in [1.165, 1.54) is 23.9 Å². The van der Waals surface area contributed by atoms with Gasteiger partial charge < -0.3 is 9.84 Å². The van der Waals surface area contributed by atoms with Gasteiger partial charge in [-0.15, -0.1) is 11.8 Å². The summed E-state index contributed by atoms with van der Waals surface area (Å²) in [6.45, 7) is 0. The minimum Gasteiger partial charge on any atom is -0.457 e. The van der Waals surface area contributed by atoms with Gasteiger partial charge in [-0.05, 0) is 24.3 Å². The van der Waals surface area contributed by atoms with Crippen LogP contribution < -0.4 is 4.74 Å². The van der Waals surface area contributed by atoms with E-state index >= 15 is 0 Å². The standard InChI is InChI=1S/C16H10F3NO2S/c17-9-3-8(6-20)4-10(5-9)22-12-1-2-13-14(11(21)7-23-13)15(12)16(18)19/h1-5,11,16,21H,7H2. The fourth-order valence-corrected chi connectivity index (χ4v) is 3.52. The van der Waals surface area contributed by atoms with Gasteiger partial charge in [-0.2, -0.15) is 5.26 Å². The minimum absolute atomic E-state index is 0.0235. The molecular weight excluding hydrogens is 327 g/mol. The third-order valence-corrected chi connectivity index (χ3v) is 4.53. The molecule has 1 atom stereocenters. The highest BCUT2D eigenvalue weighted by Gasteiger charge is 2.31. The summed E-state index contributed by atoms with van der Waals surface area (Å²) in [5.74, 6) is -0.607. The SMILES string of the molecule is N#Cc1cc(F)cc(Oc2ccc3c(c2C(F)F)C(O)CS3)c1. The van der Waals surface area contributed by atoms with Gasteiger partial charge in [0, 0.05) is 22.3 Å². The Balaban J connectivity index is 2.06. The lowest BCUT2D eigenvalue weighted by Crippen LogP contribution is -2.03. The van der Waals surface area contributed by atoms with Crippen LogP contribution in [0.1, 0.15) is 29.2 Å². The van der Waals surface area contributed by atoms with E-state index in [1.807, 2.05) is 0 Å². The lowest BCUT2D eigenvalue weighted by molar-refractivity contribution is 0.137. The van der Waals surface area contributed by atoms with E-state index in [0.29, 0.717) is 10.6 Å². The molecule has 2 aromatic rings. The van der Waals surface area contributed by atoms with Gasteiger partial charge in [0.15, 0.2) is 0 Å². The quantitative estimate of drug-likeness (QED) is 0.892. The first-order valence-corrected chi connectivity index (χ1v) is 7.62. The van der Waals surface area contributed by atoms with Gasteiger partial charge in [0.1, 0.15) is 17.3 Å². The van der Waals surface area contributed by atoms with Crippen LogP contribution in [-0.4, -0.2) is 10.9 Å². The number of hydrogen-bond acceptors (Lipinski definition) is 4. The Labute approximate surface area is 134 Å². The Hall–Kier alpha value is -2.17. The summed E-state index contributed by atoms with van der Waals surface area (Å²) in [7, 11) is 0. The van der Waals surface area contributed by atoms with Crippen LogP contribution in [0, 0.1) is 17.1 Å². The summed E-state index contributed by atoms with van der Waals surface area (Å²) >= 11 is 1.29. The number of nitrogens with zero attached hydrogens (tertiary/aromatic N) is 1. The lowest BCUT2D eigenvalue weighted by Gasteiger charge is -2.16. The average Bonchev–Trinajstić information content (AvgIpc) is 2.87. The number of halogens is 3. The Bertz CT molecular complexity index is 805. The predicted octanol–water partition coefficient (Wildman–Crippen LogP) is 4.57. The van der Waals surface area contributed by atoms with E-state index in [4.69, 9.17) is 10.00 Å².